The van der Waals surface area contributed by atoms with Crippen LogP contribution in [0.4, 0.5) is 0 Å². The molecule has 0 amide bonds. The van der Waals surface area contributed by atoms with Crippen LogP contribution < -0.4 is 5.32 Å². The average molecular weight is 213 g/mol. The van der Waals surface area contributed by atoms with E-state index >= 15 is 0 Å². The summed E-state index contributed by atoms with van der Waals surface area (Å²) in [5.41, 5.74) is 0. The Morgan fingerprint density at radius 1 is 1.60 bits per heavy atom. The van der Waals surface area contributed by atoms with Crippen molar-refractivity contribution in [3.8, 4) is 0 Å². The van der Waals surface area contributed by atoms with Gasteiger partial charge in [-0.3, -0.25) is 0 Å². The number of ether oxygens (including phenoxy) is 1. The van der Waals surface area contributed by atoms with Crippen LogP contribution in [0.2, 0.25) is 0 Å². The first-order chi connectivity index (χ1) is 7.20. The van der Waals surface area contributed by atoms with E-state index in [9.17, 15) is 4.79 Å². The fraction of sp³-hybridized carbons (Fsp3) is 0.727. The Bertz CT molecular complexity index is 222. The summed E-state index contributed by atoms with van der Waals surface area (Å²) < 4.78 is 5.29. The molecular formula is C11H19NO3. The summed E-state index contributed by atoms with van der Waals surface area (Å²) in [7, 11) is 0. The van der Waals surface area contributed by atoms with Crippen molar-refractivity contribution < 1.29 is 14.6 Å². The quantitative estimate of drug-likeness (QED) is 0.670. The minimum Gasteiger partial charge on any atom is -0.478 e. The molecule has 0 radical (unpaired) electrons. The topological polar surface area (TPSA) is 58.6 Å². The van der Waals surface area contributed by atoms with Crippen LogP contribution in [0.5, 0.6) is 0 Å². The predicted molar refractivity (Wildman–Crippen MR) is 57.8 cm³/mol. The van der Waals surface area contributed by atoms with Crippen molar-refractivity contribution >= 4 is 5.97 Å². The average Bonchev–Trinajstić information content (AvgIpc) is 2.25. The second-order valence-corrected chi connectivity index (χ2v) is 3.89. The number of hydrogen-bond donors (Lipinski definition) is 2. The fourth-order valence-corrected chi connectivity index (χ4v) is 1.80. The first-order valence-corrected chi connectivity index (χ1v) is 5.40. The molecule has 1 fully saturated rings. The molecular weight excluding hydrogens is 194 g/mol. The fourth-order valence-electron chi connectivity index (χ4n) is 1.80. The van der Waals surface area contributed by atoms with Crippen molar-refractivity contribution in [2.75, 3.05) is 19.8 Å². The van der Waals surface area contributed by atoms with E-state index in [0.29, 0.717) is 18.5 Å². The molecule has 0 bridgehead atoms. The molecule has 2 N–H and O–H groups in total. The van der Waals surface area contributed by atoms with Gasteiger partial charge in [0, 0.05) is 31.9 Å². The lowest BCUT2D eigenvalue weighted by molar-refractivity contribution is -0.131. The molecule has 86 valence electrons. The zero-order valence-corrected chi connectivity index (χ0v) is 9.11. The maximum absolute atomic E-state index is 10.2. The molecule has 0 saturated carbocycles. The van der Waals surface area contributed by atoms with Crippen LogP contribution in [0.1, 0.15) is 19.8 Å². The van der Waals surface area contributed by atoms with Gasteiger partial charge in [0.05, 0.1) is 0 Å². The van der Waals surface area contributed by atoms with Gasteiger partial charge in [-0.25, -0.2) is 4.79 Å². The summed E-state index contributed by atoms with van der Waals surface area (Å²) in [5.74, 6) is -0.243. The molecule has 1 atom stereocenters. The molecule has 1 heterocycles. The summed E-state index contributed by atoms with van der Waals surface area (Å²) in [6.07, 6.45) is 5.00. The van der Waals surface area contributed by atoms with E-state index in [1.165, 1.54) is 6.08 Å². The third-order valence-electron chi connectivity index (χ3n) is 2.79. The normalized spacial score (nSPS) is 20.6. The minimum absolute atomic E-state index is 0.423. The van der Waals surface area contributed by atoms with E-state index in [1.807, 2.05) is 0 Å². The van der Waals surface area contributed by atoms with Crippen LogP contribution in [0.25, 0.3) is 0 Å². The third-order valence-corrected chi connectivity index (χ3v) is 2.79. The molecule has 0 aromatic carbocycles. The van der Waals surface area contributed by atoms with Gasteiger partial charge in [0.1, 0.15) is 0 Å². The van der Waals surface area contributed by atoms with E-state index in [0.717, 1.165) is 26.1 Å². The molecule has 1 unspecified atom stereocenters. The van der Waals surface area contributed by atoms with E-state index in [2.05, 4.69) is 12.2 Å². The maximum Gasteiger partial charge on any atom is 0.328 e. The van der Waals surface area contributed by atoms with E-state index < -0.39 is 5.97 Å². The SMILES string of the molecule is CC(NC/C=C/C(=O)O)C1CCOCC1. The van der Waals surface area contributed by atoms with Crippen molar-refractivity contribution in [2.45, 2.75) is 25.8 Å². The third kappa shape index (κ3) is 4.95. The second kappa shape index (κ2) is 6.58. The van der Waals surface area contributed by atoms with Crippen LogP contribution in [0, 0.1) is 5.92 Å². The van der Waals surface area contributed by atoms with Crippen molar-refractivity contribution in [3.63, 3.8) is 0 Å². The van der Waals surface area contributed by atoms with E-state index in [4.69, 9.17) is 9.84 Å². The van der Waals surface area contributed by atoms with Gasteiger partial charge < -0.3 is 15.2 Å². The molecule has 4 nitrogen and oxygen atoms in total. The molecule has 0 aromatic heterocycles. The number of aliphatic carboxylic acids is 1. The van der Waals surface area contributed by atoms with Crippen LogP contribution in [0.3, 0.4) is 0 Å². The van der Waals surface area contributed by atoms with Crippen LogP contribution in [0.15, 0.2) is 12.2 Å². The van der Waals surface area contributed by atoms with Crippen LogP contribution in [-0.4, -0.2) is 36.9 Å². The highest BCUT2D eigenvalue weighted by Gasteiger charge is 2.19. The van der Waals surface area contributed by atoms with Gasteiger partial charge in [-0.05, 0) is 25.7 Å². The van der Waals surface area contributed by atoms with Crippen LogP contribution in [-0.2, 0) is 9.53 Å². The summed E-state index contributed by atoms with van der Waals surface area (Å²) in [4.78, 5) is 10.2. The number of carbonyl (C=O) groups is 1. The number of rotatable bonds is 5. The molecule has 1 rings (SSSR count). The zero-order chi connectivity index (χ0) is 11.1. The van der Waals surface area contributed by atoms with Gasteiger partial charge in [0.2, 0.25) is 0 Å². The Hall–Kier alpha value is -0.870. The number of carboxylic acids is 1. The Morgan fingerprint density at radius 3 is 2.87 bits per heavy atom. The highest BCUT2D eigenvalue weighted by Crippen LogP contribution is 2.18. The monoisotopic (exact) mass is 213 g/mol. The summed E-state index contributed by atoms with van der Waals surface area (Å²) in [6, 6.07) is 0.423. The summed E-state index contributed by atoms with van der Waals surface area (Å²) in [6.45, 7) is 4.46. The Labute approximate surface area is 90.3 Å². The van der Waals surface area contributed by atoms with Crippen molar-refractivity contribution in [2.24, 2.45) is 5.92 Å². The lowest BCUT2D eigenvalue weighted by Crippen LogP contribution is -2.36. The molecule has 15 heavy (non-hydrogen) atoms. The largest absolute Gasteiger partial charge is 0.478 e. The first-order valence-electron chi connectivity index (χ1n) is 5.40. The Morgan fingerprint density at radius 2 is 2.27 bits per heavy atom. The van der Waals surface area contributed by atoms with Gasteiger partial charge in [-0.15, -0.1) is 0 Å². The van der Waals surface area contributed by atoms with Crippen molar-refractivity contribution in [1.29, 1.82) is 0 Å². The molecule has 4 heteroatoms. The maximum atomic E-state index is 10.2. The van der Waals surface area contributed by atoms with E-state index in [1.54, 1.807) is 6.08 Å². The van der Waals surface area contributed by atoms with Gasteiger partial charge in [0.15, 0.2) is 0 Å². The van der Waals surface area contributed by atoms with Gasteiger partial charge in [-0.1, -0.05) is 6.08 Å². The van der Waals surface area contributed by atoms with E-state index in [-0.39, 0.29) is 0 Å². The number of nitrogens with one attached hydrogen (secondary N) is 1. The lowest BCUT2D eigenvalue weighted by atomic mass is 9.93. The highest BCUT2D eigenvalue weighted by molar-refractivity contribution is 5.79. The summed E-state index contributed by atoms with van der Waals surface area (Å²) in [5, 5.41) is 11.7. The first kappa shape index (κ1) is 12.2. The molecule has 0 spiro atoms. The van der Waals surface area contributed by atoms with Gasteiger partial charge >= 0.3 is 5.97 Å². The Kier molecular flexibility index (Phi) is 5.36. The smallest absolute Gasteiger partial charge is 0.328 e. The zero-order valence-electron chi connectivity index (χ0n) is 9.11. The molecule has 1 saturated heterocycles. The Balaban J connectivity index is 2.17. The summed E-state index contributed by atoms with van der Waals surface area (Å²) >= 11 is 0. The van der Waals surface area contributed by atoms with Gasteiger partial charge in [-0.2, -0.15) is 0 Å². The van der Waals surface area contributed by atoms with Crippen LogP contribution >= 0.6 is 0 Å². The highest BCUT2D eigenvalue weighted by atomic mass is 16.5. The predicted octanol–water partition coefficient (Wildman–Crippen LogP) is 1.03. The lowest BCUT2D eigenvalue weighted by Gasteiger charge is -2.28. The number of hydrogen-bond acceptors (Lipinski definition) is 3. The molecule has 1 aliphatic heterocycles. The molecule has 0 aliphatic carbocycles. The van der Waals surface area contributed by atoms with Gasteiger partial charge in [0.25, 0.3) is 0 Å². The standard InChI is InChI=1S/C11H19NO3/c1-9(10-4-7-15-8-5-10)12-6-2-3-11(13)14/h2-3,9-10,12H,4-8H2,1H3,(H,13,14)/b3-2+. The van der Waals surface area contributed by atoms with Crippen molar-refractivity contribution in [1.82, 2.24) is 5.32 Å². The number of carboxylic acid groups (broad SMARTS) is 1. The van der Waals surface area contributed by atoms with Crippen molar-refractivity contribution in [3.05, 3.63) is 12.2 Å². The second-order valence-electron chi connectivity index (χ2n) is 3.89. The molecule has 1 aliphatic rings. The molecule has 0 aromatic rings. The minimum atomic E-state index is -0.893.